The minimum atomic E-state index is 0.636. The van der Waals surface area contributed by atoms with E-state index in [1.165, 1.54) is 62.6 Å². The maximum Gasteiger partial charge on any atom is 0.0961 e. The second-order valence-electron chi connectivity index (χ2n) is 6.46. The molecule has 0 N–H and O–H groups in total. The fraction of sp³-hybridized carbons (Fsp3) is 0.632. The average Bonchev–Trinajstić information content (AvgIpc) is 2.99. The van der Waals surface area contributed by atoms with Crippen LogP contribution in [0.5, 0.6) is 0 Å². The van der Waals surface area contributed by atoms with Gasteiger partial charge in [-0.15, -0.1) is 0 Å². The van der Waals surface area contributed by atoms with Crippen molar-refractivity contribution in [1.29, 1.82) is 0 Å². The number of benzene rings is 1. The zero-order chi connectivity index (χ0) is 15.2. The van der Waals surface area contributed by atoms with E-state index in [1.807, 2.05) is 0 Å². The smallest absolute Gasteiger partial charge is 0.0961 e. The van der Waals surface area contributed by atoms with E-state index in [0.717, 1.165) is 10.8 Å². The molecule has 1 saturated carbocycles. The second kappa shape index (κ2) is 8.05. The molecule has 0 amide bonds. The molecule has 3 rings (SSSR count). The summed E-state index contributed by atoms with van der Waals surface area (Å²) in [5, 5.41) is 0.771. The zero-order valence-corrected chi connectivity index (χ0v) is 14.5. The maximum absolute atomic E-state index is 4.60. The third-order valence-electron chi connectivity index (χ3n) is 4.84. The summed E-state index contributed by atoms with van der Waals surface area (Å²) >= 11 is 2.21. The van der Waals surface area contributed by atoms with Crippen LogP contribution in [0, 0.1) is 0 Å². The summed E-state index contributed by atoms with van der Waals surface area (Å²) in [6.45, 7) is 2.29. The largest absolute Gasteiger partial charge is 0.326 e. The standard InChI is InChI=1S/C19H28N2S/c1-2-3-4-9-14-22-19-13-8-7-12-18(19)21-15-20-16-10-5-6-11-17(16)21/h5-6,10-11,15,18-19H,2-4,7-9,12-14H2,1H3. The molecule has 2 unspecified atom stereocenters. The monoisotopic (exact) mass is 316 g/mol. The molecule has 1 aromatic heterocycles. The van der Waals surface area contributed by atoms with Gasteiger partial charge >= 0.3 is 0 Å². The molecule has 3 heteroatoms. The Morgan fingerprint density at radius 1 is 1.14 bits per heavy atom. The minimum absolute atomic E-state index is 0.636. The number of fused-ring (bicyclic) bond motifs is 1. The Morgan fingerprint density at radius 3 is 2.91 bits per heavy atom. The van der Waals surface area contributed by atoms with Crippen LogP contribution in [-0.4, -0.2) is 20.6 Å². The van der Waals surface area contributed by atoms with Crippen LogP contribution >= 0.6 is 11.8 Å². The molecule has 0 radical (unpaired) electrons. The first kappa shape index (κ1) is 15.9. The van der Waals surface area contributed by atoms with E-state index < -0.39 is 0 Å². The molecular weight excluding hydrogens is 288 g/mol. The van der Waals surface area contributed by atoms with Gasteiger partial charge in [0, 0.05) is 11.3 Å². The quantitative estimate of drug-likeness (QED) is 0.598. The van der Waals surface area contributed by atoms with Gasteiger partial charge in [0.05, 0.1) is 17.4 Å². The maximum atomic E-state index is 4.60. The van der Waals surface area contributed by atoms with Crippen LogP contribution in [0.25, 0.3) is 11.0 Å². The first-order valence-electron chi connectivity index (χ1n) is 8.93. The Balaban J connectivity index is 1.67. The summed E-state index contributed by atoms with van der Waals surface area (Å²) in [4.78, 5) is 4.60. The van der Waals surface area contributed by atoms with Gasteiger partial charge in [0.25, 0.3) is 0 Å². The summed E-state index contributed by atoms with van der Waals surface area (Å²) < 4.78 is 2.46. The van der Waals surface area contributed by atoms with Crippen molar-refractivity contribution in [1.82, 2.24) is 9.55 Å². The molecule has 1 heterocycles. The summed E-state index contributed by atoms with van der Waals surface area (Å²) in [6.07, 6.45) is 13.0. The topological polar surface area (TPSA) is 17.8 Å². The van der Waals surface area contributed by atoms with Crippen molar-refractivity contribution in [2.45, 2.75) is 69.6 Å². The molecule has 1 aliphatic rings. The van der Waals surface area contributed by atoms with Crippen molar-refractivity contribution in [3.63, 3.8) is 0 Å². The van der Waals surface area contributed by atoms with Crippen molar-refractivity contribution in [3.05, 3.63) is 30.6 Å². The molecule has 2 aromatic rings. The molecule has 1 aromatic carbocycles. The average molecular weight is 317 g/mol. The molecule has 120 valence electrons. The normalized spacial score (nSPS) is 22.2. The van der Waals surface area contributed by atoms with E-state index in [0.29, 0.717) is 6.04 Å². The van der Waals surface area contributed by atoms with Crippen LogP contribution < -0.4 is 0 Å². The molecule has 2 atom stereocenters. The van der Waals surface area contributed by atoms with Crippen LogP contribution in [0.3, 0.4) is 0 Å². The molecule has 1 aliphatic carbocycles. The van der Waals surface area contributed by atoms with Crippen LogP contribution in [-0.2, 0) is 0 Å². The van der Waals surface area contributed by atoms with E-state index in [-0.39, 0.29) is 0 Å². The lowest BCUT2D eigenvalue weighted by molar-refractivity contribution is 0.370. The Hall–Kier alpha value is -0.960. The summed E-state index contributed by atoms with van der Waals surface area (Å²) in [5.41, 5.74) is 2.45. The number of thioether (sulfide) groups is 1. The number of hydrogen-bond acceptors (Lipinski definition) is 2. The van der Waals surface area contributed by atoms with Crippen LogP contribution in [0.1, 0.15) is 64.3 Å². The number of imidazole rings is 1. The second-order valence-corrected chi connectivity index (χ2v) is 7.81. The van der Waals surface area contributed by atoms with E-state index in [1.54, 1.807) is 0 Å². The van der Waals surface area contributed by atoms with Crippen molar-refractivity contribution >= 4 is 22.8 Å². The lowest BCUT2D eigenvalue weighted by Crippen LogP contribution is -2.25. The molecule has 22 heavy (non-hydrogen) atoms. The van der Waals surface area contributed by atoms with Gasteiger partial charge in [-0.3, -0.25) is 0 Å². The summed E-state index contributed by atoms with van der Waals surface area (Å²) in [6, 6.07) is 9.20. The highest BCUT2D eigenvalue weighted by Gasteiger charge is 2.27. The molecule has 0 saturated heterocycles. The van der Waals surface area contributed by atoms with Gasteiger partial charge in [-0.2, -0.15) is 11.8 Å². The minimum Gasteiger partial charge on any atom is -0.326 e. The van der Waals surface area contributed by atoms with Gasteiger partial charge in [-0.05, 0) is 37.1 Å². The molecule has 0 bridgehead atoms. The van der Waals surface area contributed by atoms with Gasteiger partial charge in [0.1, 0.15) is 0 Å². The zero-order valence-electron chi connectivity index (χ0n) is 13.7. The van der Waals surface area contributed by atoms with Gasteiger partial charge < -0.3 is 4.57 Å². The van der Waals surface area contributed by atoms with Crippen molar-refractivity contribution in [2.24, 2.45) is 0 Å². The Bertz CT molecular complexity index is 578. The Labute approximate surface area is 138 Å². The first-order chi connectivity index (χ1) is 10.9. The highest BCUT2D eigenvalue weighted by molar-refractivity contribution is 7.99. The lowest BCUT2D eigenvalue weighted by atomic mass is 9.94. The Morgan fingerprint density at radius 2 is 2.00 bits per heavy atom. The predicted molar refractivity (Wildman–Crippen MR) is 97.6 cm³/mol. The molecular formula is C19H28N2S. The van der Waals surface area contributed by atoms with Gasteiger partial charge in [-0.1, -0.05) is 51.2 Å². The SMILES string of the molecule is CCCCCCSC1CCCCC1n1cnc2ccccc21. The van der Waals surface area contributed by atoms with E-state index in [2.05, 4.69) is 58.8 Å². The number of para-hydroxylation sites is 2. The van der Waals surface area contributed by atoms with Crippen molar-refractivity contribution in [3.8, 4) is 0 Å². The molecule has 1 fully saturated rings. The molecule has 2 nitrogen and oxygen atoms in total. The number of nitrogens with zero attached hydrogens (tertiary/aromatic N) is 2. The predicted octanol–water partition coefficient (Wildman–Crippen LogP) is 5.83. The molecule has 0 spiro atoms. The van der Waals surface area contributed by atoms with Gasteiger partial charge in [0.2, 0.25) is 0 Å². The van der Waals surface area contributed by atoms with Crippen LogP contribution in [0.4, 0.5) is 0 Å². The van der Waals surface area contributed by atoms with E-state index >= 15 is 0 Å². The summed E-state index contributed by atoms with van der Waals surface area (Å²) in [7, 11) is 0. The Kier molecular flexibility index (Phi) is 5.82. The third-order valence-corrected chi connectivity index (χ3v) is 6.34. The highest BCUT2D eigenvalue weighted by Crippen LogP contribution is 2.38. The third kappa shape index (κ3) is 3.68. The lowest BCUT2D eigenvalue weighted by Gasteiger charge is -2.32. The van der Waals surface area contributed by atoms with Crippen LogP contribution in [0.2, 0.25) is 0 Å². The van der Waals surface area contributed by atoms with E-state index in [4.69, 9.17) is 0 Å². The summed E-state index contributed by atoms with van der Waals surface area (Å²) in [5.74, 6) is 1.33. The highest BCUT2D eigenvalue weighted by atomic mass is 32.2. The number of aromatic nitrogens is 2. The number of rotatable bonds is 7. The number of hydrogen-bond donors (Lipinski definition) is 0. The first-order valence-corrected chi connectivity index (χ1v) is 9.98. The van der Waals surface area contributed by atoms with Crippen molar-refractivity contribution < 1.29 is 0 Å². The van der Waals surface area contributed by atoms with Gasteiger partial charge in [0.15, 0.2) is 0 Å². The van der Waals surface area contributed by atoms with Crippen molar-refractivity contribution in [2.75, 3.05) is 5.75 Å². The fourth-order valence-electron chi connectivity index (χ4n) is 3.60. The number of unbranched alkanes of at least 4 members (excludes halogenated alkanes) is 3. The molecule has 0 aliphatic heterocycles. The fourth-order valence-corrected chi connectivity index (χ4v) is 5.09. The van der Waals surface area contributed by atoms with Gasteiger partial charge in [-0.25, -0.2) is 4.98 Å². The van der Waals surface area contributed by atoms with Crippen LogP contribution in [0.15, 0.2) is 30.6 Å². The van der Waals surface area contributed by atoms with E-state index in [9.17, 15) is 0 Å².